The van der Waals surface area contributed by atoms with E-state index in [1.807, 2.05) is 55.7 Å². The minimum Gasteiger partial charge on any atom is -0.494 e. The summed E-state index contributed by atoms with van der Waals surface area (Å²) in [6.07, 6.45) is 20.4. The average Bonchev–Trinajstić information content (AvgIpc) is 3.04. The highest BCUT2D eigenvalue weighted by Gasteiger charge is 2.10. The van der Waals surface area contributed by atoms with Gasteiger partial charge in [-0.05, 0) is 61.7 Å². The third-order valence-electron chi connectivity index (χ3n) is 7.52. The van der Waals surface area contributed by atoms with Gasteiger partial charge in [0, 0.05) is 29.9 Å². The zero-order valence-electron chi connectivity index (χ0n) is 26.7. The third-order valence-corrected chi connectivity index (χ3v) is 7.52. The van der Waals surface area contributed by atoms with Gasteiger partial charge in [0.05, 0.1) is 6.61 Å². The molecule has 43 heavy (non-hydrogen) atoms. The molecule has 1 aromatic heterocycles. The molecular weight excluding hydrogens is 536 g/mol. The van der Waals surface area contributed by atoms with E-state index in [1.54, 1.807) is 0 Å². The zero-order chi connectivity index (χ0) is 30.5. The van der Waals surface area contributed by atoms with Gasteiger partial charge < -0.3 is 14.2 Å². The molecule has 0 bridgehead atoms. The van der Waals surface area contributed by atoms with Gasteiger partial charge in [-0.1, -0.05) is 96.6 Å². The summed E-state index contributed by atoms with van der Waals surface area (Å²) in [6, 6.07) is 15.8. The molecule has 0 fully saturated rings. The summed E-state index contributed by atoms with van der Waals surface area (Å²) in [7, 11) is 0. The Bertz CT molecular complexity index is 1150. The topological polar surface area (TPSA) is 70.5 Å². The van der Waals surface area contributed by atoms with Crippen LogP contribution in [0.1, 0.15) is 111 Å². The highest BCUT2D eigenvalue weighted by Crippen LogP contribution is 2.24. The maximum Gasteiger partial charge on any atom is 0.306 e. The highest BCUT2D eigenvalue weighted by molar-refractivity contribution is 5.69. The minimum absolute atomic E-state index is 0.173. The number of nitrogens with zero attached hydrogens (tertiary/aromatic N) is 2. The molecule has 0 aliphatic carbocycles. The Morgan fingerprint density at radius 2 is 1.14 bits per heavy atom. The molecule has 3 rings (SSSR count). The lowest BCUT2D eigenvalue weighted by Crippen LogP contribution is -2.21. The lowest BCUT2D eigenvalue weighted by Gasteiger charge is -2.14. The van der Waals surface area contributed by atoms with Gasteiger partial charge in [0.1, 0.15) is 24.2 Å². The number of unbranched alkanes of at least 4 members (excludes halogenated alkanes) is 11. The van der Waals surface area contributed by atoms with Crippen molar-refractivity contribution in [1.82, 2.24) is 9.97 Å². The molecule has 3 aromatic rings. The molecule has 1 unspecified atom stereocenters. The summed E-state index contributed by atoms with van der Waals surface area (Å²) in [5, 5.41) is 0. The van der Waals surface area contributed by atoms with Crippen molar-refractivity contribution in [3.8, 4) is 34.0 Å². The van der Waals surface area contributed by atoms with Gasteiger partial charge in [-0.15, -0.1) is 0 Å². The predicted molar refractivity (Wildman–Crippen MR) is 175 cm³/mol. The fraction of sp³-hybridized carbons (Fsp3) is 0.541. The van der Waals surface area contributed by atoms with E-state index >= 15 is 0 Å². The molecule has 0 aliphatic heterocycles. The van der Waals surface area contributed by atoms with Crippen molar-refractivity contribution in [2.24, 2.45) is 0 Å². The van der Waals surface area contributed by atoms with Crippen LogP contribution in [-0.4, -0.2) is 35.3 Å². The summed E-state index contributed by atoms with van der Waals surface area (Å²) in [5.41, 5.74) is 2.93. The first-order chi connectivity index (χ1) is 21.1. The molecule has 0 N–H and O–H groups in total. The van der Waals surface area contributed by atoms with Crippen LogP contribution in [0.25, 0.3) is 22.5 Å². The largest absolute Gasteiger partial charge is 0.494 e. The number of hydrogen-bond donors (Lipinski definition) is 0. The molecule has 6 heteroatoms. The third kappa shape index (κ3) is 13.6. The van der Waals surface area contributed by atoms with E-state index in [0.717, 1.165) is 48.3 Å². The predicted octanol–water partition coefficient (Wildman–Crippen LogP) is 10.0. The summed E-state index contributed by atoms with van der Waals surface area (Å²) in [5.74, 6) is 2.09. The van der Waals surface area contributed by atoms with Gasteiger partial charge in [0.2, 0.25) is 0 Å². The van der Waals surface area contributed by atoms with E-state index < -0.39 is 0 Å². The number of carbonyl (C=O) groups excluding carboxylic acids is 1. The van der Waals surface area contributed by atoms with Crippen LogP contribution in [0.5, 0.6) is 11.5 Å². The first-order valence-corrected chi connectivity index (χ1v) is 16.6. The van der Waals surface area contributed by atoms with E-state index in [2.05, 4.69) is 35.9 Å². The Kier molecular flexibility index (Phi) is 16.2. The Balaban J connectivity index is 1.34. The summed E-state index contributed by atoms with van der Waals surface area (Å²) in [6.45, 7) is 7.25. The zero-order valence-corrected chi connectivity index (χ0v) is 26.7. The number of ether oxygens (including phenoxy) is 3. The van der Waals surface area contributed by atoms with Crippen LogP contribution in [0.4, 0.5) is 0 Å². The van der Waals surface area contributed by atoms with Crippen molar-refractivity contribution in [1.29, 1.82) is 0 Å². The standard InChI is InChI=1S/C37H52N2O4/c1-4-6-8-9-10-11-12-13-14-15-16-26-41-34-22-18-31(19-23-34)33-27-38-37(39-28-33)32-20-24-35(25-21-32)42-29-30(3)43-36(40)17-7-5-2/h18-25,27-28,30H,4-17,26,29H2,1-3H3. The molecule has 0 aliphatic rings. The second-order valence-electron chi connectivity index (χ2n) is 11.4. The quantitative estimate of drug-likeness (QED) is 0.0859. The number of esters is 1. The summed E-state index contributed by atoms with van der Waals surface area (Å²) in [4.78, 5) is 20.9. The van der Waals surface area contributed by atoms with Crippen LogP contribution in [0.3, 0.4) is 0 Å². The number of aromatic nitrogens is 2. The number of benzene rings is 2. The fourth-order valence-corrected chi connectivity index (χ4v) is 4.88. The van der Waals surface area contributed by atoms with Crippen LogP contribution < -0.4 is 9.47 Å². The van der Waals surface area contributed by atoms with E-state index in [-0.39, 0.29) is 12.1 Å². The molecule has 234 valence electrons. The average molecular weight is 589 g/mol. The maximum atomic E-state index is 11.8. The highest BCUT2D eigenvalue weighted by atomic mass is 16.6. The van der Waals surface area contributed by atoms with Crippen molar-refractivity contribution >= 4 is 5.97 Å². The van der Waals surface area contributed by atoms with Gasteiger partial charge in [0.15, 0.2) is 5.82 Å². The van der Waals surface area contributed by atoms with Gasteiger partial charge in [-0.25, -0.2) is 9.97 Å². The second kappa shape index (κ2) is 20.5. The first-order valence-electron chi connectivity index (χ1n) is 16.6. The number of hydrogen-bond acceptors (Lipinski definition) is 6. The normalized spacial score (nSPS) is 11.7. The minimum atomic E-state index is -0.296. The molecule has 0 amide bonds. The van der Waals surface area contributed by atoms with E-state index in [4.69, 9.17) is 14.2 Å². The van der Waals surface area contributed by atoms with Gasteiger partial charge in [-0.2, -0.15) is 0 Å². The number of carbonyl (C=O) groups is 1. The van der Waals surface area contributed by atoms with Crippen molar-refractivity contribution in [2.45, 2.75) is 117 Å². The van der Waals surface area contributed by atoms with Crippen molar-refractivity contribution in [3.05, 3.63) is 60.9 Å². The van der Waals surface area contributed by atoms with Crippen molar-refractivity contribution in [3.63, 3.8) is 0 Å². The molecule has 0 radical (unpaired) electrons. The number of rotatable bonds is 22. The van der Waals surface area contributed by atoms with Gasteiger partial charge in [-0.3, -0.25) is 4.79 Å². The lowest BCUT2D eigenvalue weighted by atomic mass is 10.1. The fourth-order valence-electron chi connectivity index (χ4n) is 4.88. The first kappa shape index (κ1) is 34.1. The van der Waals surface area contributed by atoms with Crippen molar-refractivity contribution < 1.29 is 19.0 Å². The Morgan fingerprint density at radius 3 is 1.72 bits per heavy atom. The van der Waals surface area contributed by atoms with Crippen LogP contribution in [0, 0.1) is 0 Å². The molecule has 6 nitrogen and oxygen atoms in total. The lowest BCUT2D eigenvalue weighted by molar-refractivity contribution is -0.149. The van der Waals surface area contributed by atoms with Crippen LogP contribution in [0.15, 0.2) is 60.9 Å². The van der Waals surface area contributed by atoms with Gasteiger partial charge >= 0.3 is 5.97 Å². The molecule has 1 atom stereocenters. The molecule has 2 aromatic carbocycles. The molecule has 0 spiro atoms. The maximum absolute atomic E-state index is 11.8. The Labute approximate surface area is 259 Å². The smallest absolute Gasteiger partial charge is 0.306 e. The Hall–Kier alpha value is -3.41. The summed E-state index contributed by atoms with van der Waals surface area (Å²) >= 11 is 0. The van der Waals surface area contributed by atoms with E-state index in [0.29, 0.717) is 24.6 Å². The monoisotopic (exact) mass is 588 g/mol. The molecule has 0 saturated heterocycles. The van der Waals surface area contributed by atoms with Crippen LogP contribution in [-0.2, 0) is 9.53 Å². The SMILES string of the molecule is CCCCCCCCCCCCCOc1ccc(-c2cnc(-c3ccc(OCC(C)OC(=O)CCCC)cc3)nc2)cc1. The second-order valence-corrected chi connectivity index (χ2v) is 11.4. The molecule has 1 heterocycles. The molecule has 0 saturated carbocycles. The van der Waals surface area contributed by atoms with Crippen molar-refractivity contribution in [2.75, 3.05) is 13.2 Å². The van der Waals surface area contributed by atoms with Crippen LogP contribution in [0.2, 0.25) is 0 Å². The van der Waals surface area contributed by atoms with E-state index in [1.165, 1.54) is 64.2 Å². The van der Waals surface area contributed by atoms with Crippen LogP contribution >= 0.6 is 0 Å². The summed E-state index contributed by atoms with van der Waals surface area (Å²) < 4.78 is 17.1. The van der Waals surface area contributed by atoms with E-state index in [9.17, 15) is 4.79 Å². The van der Waals surface area contributed by atoms with Gasteiger partial charge in [0.25, 0.3) is 0 Å². The Morgan fingerprint density at radius 1 is 0.628 bits per heavy atom. The molecular formula is C37H52N2O4.